The second-order valence-electron chi connectivity index (χ2n) is 6.44. The van der Waals surface area contributed by atoms with Crippen LogP contribution in [-0.2, 0) is 6.42 Å². The fourth-order valence-electron chi connectivity index (χ4n) is 3.44. The van der Waals surface area contributed by atoms with Crippen molar-refractivity contribution in [2.45, 2.75) is 33.6 Å². The highest BCUT2D eigenvalue weighted by molar-refractivity contribution is 5.98. The lowest BCUT2D eigenvalue weighted by Gasteiger charge is -2.34. The highest BCUT2D eigenvalue weighted by Gasteiger charge is 2.23. The third-order valence-corrected chi connectivity index (χ3v) is 4.29. The minimum atomic E-state index is 0.216. The van der Waals surface area contributed by atoms with Crippen LogP contribution in [-0.4, -0.2) is 37.4 Å². The number of likely N-dealkylation sites (tertiary alicyclic amines) is 1. The molecule has 0 amide bonds. The van der Waals surface area contributed by atoms with Gasteiger partial charge in [-0.15, -0.1) is 0 Å². The summed E-state index contributed by atoms with van der Waals surface area (Å²) < 4.78 is 5.33. The topological polar surface area (TPSA) is 29.5 Å². The van der Waals surface area contributed by atoms with E-state index in [0.717, 1.165) is 36.4 Å². The van der Waals surface area contributed by atoms with Crippen LogP contribution in [0.25, 0.3) is 0 Å². The van der Waals surface area contributed by atoms with Gasteiger partial charge in [0.15, 0.2) is 5.78 Å². The summed E-state index contributed by atoms with van der Waals surface area (Å²) in [5.74, 6) is 2.45. The Labute approximate surface area is 128 Å². The Hall–Kier alpha value is -1.35. The summed E-state index contributed by atoms with van der Waals surface area (Å²) in [6, 6.07) is 5.78. The van der Waals surface area contributed by atoms with Gasteiger partial charge >= 0.3 is 0 Å². The predicted octanol–water partition coefficient (Wildman–Crippen LogP) is 3.42. The number of aryl methyl sites for hydroxylation is 1. The number of carbonyl (C=O) groups excluding carboxylic acids is 1. The van der Waals surface area contributed by atoms with Crippen LogP contribution in [0.1, 0.15) is 43.1 Å². The third-order valence-electron chi connectivity index (χ3n) is 4.29. The lowest BCUT2D eigenvalue weighted by Crippen LogP contribution is -2.41. The molecule has 21 heavy (non-hydrogen) atoms. The van der Waals surface area contributed by atoms with Crippen LogP contribution in [0.4, 0.5) is 0 Å². The van der Waals surface area contributed by atoms with Crippen LogP contribution in [0, 0.1) is 11.8 Å². The van der Waals surface area contributed by atoms with E-state index >= 15 is 0 Å². The number of ether oxygens (including phenoxy) is 1. The summed E-state index contributed by atoms with van der Waals surface area (Å²) in [7, 11) is 1.67. The third kappa shape index (κ3) is 4.07. The SMILES string of the molecule is CCc1cc(C(=O)CN2CC(C)CC(C)C2)ccc1OC. The Morgan fingerprint density at radius 1 is 1.29 bits per heavy atom. The number of carbonyl (C=O) groups is 1. The lowest BCUT2D eigenvalue weighted by molar-refractivity contribution is 0.0849. The van der Waals surface area contributed by atoms with Crippen molar-refractivity contribution >= 4 is 5.78 Å². The Bertz CT molecular complexity index is 488. The number of rotatable bonds is 5. The summed E-state index contributed by atoms with van der Waals surface area (Å²) in [5.41, 5.74) is 1.90. The minimum absolute atomic E-state index is 0.216. The first-order valence-electron chi connectivity index (χ1n) is 7.96. The number of hydrogen-bond acceptors (Lipinski definition) is 3. The van der Waals surface area contributed by atoms with Gasteiger partial charge in [-0.1, -0.05) is 20.8 Å². The summed E-state index contributed by atoms with van der Waals surface area (Å²) in [6.07, 6.45) is 2.15. The largest absolute Gasteiger partial charge is 0.496 e. The highest BCUT2D eigenvalue weighted by Crippen LogP contribution is 2.23. The Balaban J connectivity index is 2.06. The Kier molecular flexibility index (Phi) is 5.40. The molecule has 0 aromatic heterocycles. The molecule has 0 aliphatic carbocycles. The van der Waals surface area contributed by atoms with E-state index in [-0.39, 0.29) is 5.78 Å². The zero-order valence-corrected chi connectivity index (χ0v) is 13.7. The molecule has 1 fully saturated rings. The maximum Gasteiger partial charge on any atom is 0.176 e. The smallest absolute Gasteiger partial charge is 0.176 e. The lowest BCUT2D eigenvalue weighted by atomic mass is 9.91. The molecule has 1 saturated heterocycles. The molecule has 0 saturated carbocycles. The molecule has 0 radical (unpaired) electrons. The van der Waals surface area contributed by atoms with Gasteiger partial charge in [0.25, 0.3) is 0 Å². The Morgan fingerprint density at radius 2 is 1.95 bits per heavy atom. The van der Waals surface area contributed by atoms with E-state index in [2.05, 4.69) is 25.7 Å². The normalized spacial score (nSPS) is 23.0. The molecule has 1 aliphatic heterocycles. The van der Waals surface area contributed by atoms with Crippen LogP contribution >= 0.6 is 0 Å². The van der Waals surface area contributed by atoms with Crippen molar-refractivity contribution in [2.75, 3.05) is 26.7 Å². The van der Waals surface area contributed by atoms with E-state index in [1.165, 1.54) is 6.42 Å². The fourth-order valence-corrected chi connectivity index (χ4v) is 3.44. The Morgan fingerprint density at radius 3 is 2.52 bits per heavy atom. The summed E-state index contributed by atoms with van der Waals surface area (Å²) in [6.45, 7) is 9.23. The molecule has 0 spiro atoms. The van der Waals surface area contributed by atoms with Crippen LogP contribution in [0.3, 0.4) is 0 Å². The summed E-state index contributed by atoms with van der Waals surface area (Å²) >= 11 is 0. The van der Waals surface area contributed by atoms with Crippen molar-refractivity contribution in [1.29, 1.82) is 0 Å². The van der Waals surface area contributed by atoms with Crippen molar-refractivity contribution in [3.05, 3.63) is 29.3 Å². The van der Waals surface area contributed by atoms with Crippen LogP contribution in [0.15, 0.2) is 18.2 Å². The number of methoxy groups -OCH3 is 1. The first-order valence-corrected chi connectivity index (χ1v) is 7.96. The number of nitrogens with zero attached hydrogens (tertiary/aromatic N) is 1. The van der Waals surface area contributed by atoms with Gasteiger partial charge < -0.3 is 4.74 Å². The van der Waals surface area contributed by atoms with Gasteiger partial charge in [0.2, 0.25) is 0 Å². The monoisotopic (exact) mass is 289 g/mol. The van der Waals surface area contributed by atoms with E-state index in [0.29, 0.717) is 18.4 Å². The maximum atomic E-state index is 12.5. The van der Waals surface area contributed by atoms with Gasteiger partial charge in [0.05, 0.1) is 13.7 Å². The molecular formula is C18H27NO2. The molecule has 116 valence electrons. The summed E-state index contributed by atoms with van der Waals surface area (Å²) in [4.78, 5) is 14.8. The second-order valence-corrected chi connectivity index (χ2v) is 6.44. The summed E-state index contributed by atoms with van der Waals surface area (Å²) in [5, 5.41) is 0. The highest BCUT2D eigenvalue weighted by atomic mass is 16.5. The van der Waals surface area contributed by atoms with Gasteiger partial charge in [0.1, 0.15) is 5.75 Å². The standard InChI is InChI=1S/C18H27NO2/c1-5-15-9-16(6-7-18(15)21-4)17(20)12-19-10-13(2)8-14(3)11-19/h6-7,9,13-14H,5,8,10-12H2,1-4H3. The van der Waals surface area contributed by atoms with E-state index in [9.17, 15) is 4.79 Å². The van der Waals surface area contributed by atoms with Crippen LogP contribution in [0.2, 0.25) is 0 Å². The van der Waals surface area contributed by atoms with E-state index in [4.69, 9.17) is 4.74 Å². The van der Waals surface area contributed by atoms with E-state index in [1.807, 2.05) is 18.2 Å². The first-order chi connectivity index (χ1) is 10.0. The number of benzene rings is 1. The van der Waals surface area contributed by atoms with Crippen molar-refractivity contribution in [2.24, 2.45) is 11.8 Å². The molecule has 2 unspecified atom stereocenters. The molecule has 3 heteroatoms. The number of hydrogen-bond donors (Lipinski definition) is 0. The number of Topliss-reactive ketones (excluding diaryl/α,β-unsaturated/α-hetero) is 1. The van der Waals surface area contributed by atoms with Gasteiger partial charge in [-0.3, -0.25) is 9.69 Å². The van der Waals surface area contributed by atoms with Crippen molar-refractivity contribution in [1.82, 2.24) is 4.90 Å². The number of ketones is 1. The number of piperidine rings is 1. The molecule has 1 aliphatic rings. The molecule has 1 aromatic rings. The quantitative estimate of drug-likeness (QED) is 0.778. The molecule has 0 bridgehead atoms. The zero-order valence-electron chi connectivity index (χ0n) is 13.7. The average molecular weight is 289 g/mol. The van der Waals surface area contributed by atoms with Gasteiger partial charge in [-0.25, -0.2) is 0 Å². The maximum absolute atomic E-state index is 12.5. The molecule has 2 atom stereocenters. The molecule has 1 heterocycles. The fraction of sp³-hybridized carbons (Fsp3) is 0.611. The van der Waals surface area contributed by atoms with Gasteiger partial charge in [-0.2, -0.15) is 0 Å². The average Bonchev–Trinajstić information content (AvgIpc) is 2.45. The van der Waals surface area contributed by atoms with Crippen molar-refractivity contribution in [3.8, 4) is 5.75 Å². The zero-order chi connectivity index (χ0) is 15.4. The van der Waals surface area contributed by atoms with E-state index in [1.54, 1.807) is 7.11 Å². The predicted molar refractivity (Wildman–Crippen MR) is 86.1 cm³/mol. The molecule has 2 rings (SSSR count). The molecule has 1 aromatic carbocycles. The molecule has 3 nitrogen and oxygen atoms in total. The van der Waals surface area contributed by atoms with Gasteiger partial charge in [0, 0.05) is 18.7 Å². The second kappa shape index (κ2) is 7.08. The van der Waals surface area contributed by atoms with Crippen LogP contribution < -0.4 is 4.74 Å². The first kappa shape index (κ1) is 16.0. The van der Waals surface area contributed by atoms with E-state index < -0.39 is 0 Å². The molecule has 0 N–H and O–H groups in total. The van der Waals surface area contributed by atoms with Crippen molar-refractivity contribution < 1.29 is 9.53 Å². The van der Waals surface area contributed by atoms with Crippen molar-refractivity contribution in [3.63, 3.8) is 0 Å². The van der Waals surface area contributed by atoms with Gasteiger partial charge in [-0.05, 0) is 48.4 Å². The minimum Gasteiger partial charge on any atom is -0.496 e. The van der Waals surface area contributed by atoms with Crippen LogP contribution in [0.5, 0.6) is 5.75 Å². The molecular weight excluding hydrogens is 262 g/mol.